The summed E-state index contributed by atoms with van der Waals surface area (Å²) in [5, 5.41) is 4.61. The molecule has 4 rings (SSSR count). The molecule has 0 fully saturated rings. The molecule has 0 spiro atoms. The zero-order valence-electron chi connectivity index (χ0n) is 13.9. The third-order valence-electron chi connectivity index (χ3n) is 4.00. The molecule has 0 radical (unpaired) electrons. The minimum atomic E-state index is -0.564. The van der Waals surface area contributed by atoms with Gasteiger partial charge in [-0.1, -0.05) is 41.9 Å². The third-order valence-corrected chi connectivity index (χ3v) is 4.38. The maximum absolute atomic E-state index is 12.6. The number of fused-ring (bicyclic) bond motifs is 1. The van der Waals surface area contributed by atoms with Crippen molar-refractivity contribution in [2.24, 2.45) is 0 Å². The van der Waals surface area contributed by atoms with E-state index in [-0.39, 0.29) is 17.5 Å². The van der Waals surface area contributed by atoms with Crippen molar-refractivity contribution in [1.29, 1.82) is 0 Å². The number of carbonyl (C=O) groups excluding carboxylic acids is 1. The Morgan fingerprint density at radius 2 is 1.96 bits per heavy atom. The first-order valence-corrected chi connectivity index (χ1v) is 8.38. The Morgan fingerprint density at radius 3 is 2.77 bits per heavy atom. The Labute approximate surface area is 154 Å². The van der Waals surface area contributed by atoms with Gasteiger partial charge in [0.05, 0.1) is 12.2 Å². The van der Waals surface area contributed by atoms with Crippen LogP contribution in [-0.2, 0) is 6.54 Å². The van der Waals surface area contributed by atoms with E-state index in [1.807, 2.05) is 30.3 Å². The molecule has 0 amide bonds. The van der Waals surface area contributed by atoms with E-state index in [2.05, 4.69) is 5.10 Å². The molecule has 0 saturated heterocycles. The number of hydrogen-bond donors (Lipinski definition) is 0. The predicted molar refractivity (Wildman–Crippen MR) is 95.0 cm³/mol. The van der Waals surface area contributed by atoms with Crippen molar-refractivity contribution in [2.45, 2.75) is 13.5 Å². The normalized spacial score (nSPS) is 12.2. The molecular formula is C19H15ClN2O4. The number of nitrogens with zero attached hydrogens (tertiary/aromatic N) is 2. The van der Waals surface area contributed by atoms with Gasteiger partial charge in [0.25, 0.3) is 0 Å². The van der Waals surface area contributed by atoms with Crippen molar-refractivity contribution >= 4 is 17.6 Å². The van der Waals surface area contributed by atoms with Crippen LogP contribution >= 0.6 is 11.6 Å². The first kappa shape index (κ1) is 16.5. The summed E-state index contributed by atoms with van der Waals surface area (Å²) in [6, 6.07) is 14.7. The van der Waals surface area contributed by atoms with E-state index in [0.717, 1.165) is 5.56 Å². The van der Waals surface area contributed by atoms with E-state index in [0.29, 0.717) is 29.5 Å². The average Bonchev–Trinajstić information content (AvgIpc) is 3.20. The number of esters is 1. The number of carbonyl (C=O) groups is 1. The van der Waals surface area contributed by atoms with Crippen molar-refractivity contribution in [2.75, 3.05) is 6.79 Å². The van der Waals surface area contributed by atoms with Gasteiger partial charge in [-0.2, -0.15) is 5.10 Å². The molecule has 0 N–H and O–H groups in total. The van der Waals surface area contributed by atoms with Crippen LogP contribution in [0.15, 0.2) is 48.5 Å². The summed E-state index contributed by atoms with van der Waals surface area (Å²) in [7, 11) is 0. The summed E-state index contributed by atoms with van der Waals surface area (Å²) in [5.74, 6) is 0.948. The zero-order chi connectivity index (χ0) is 18.1. The zero-order valence-corrected chi connectivity index (χ0v) is 14.7. The van der Waals surface area contributed by atoms with Crippen molar-refractivity contribution < 1.29 is 19.0 Å². The van der Waals surface area contributed by atoms with Crippen molar-refractivity contribution in [3.05, 3.63) is 70.5 Å². The lowest BCUT2D eigenvalue weighted by atomic mass is 10.2. The maximum Gasteiger partial charge on any atom is 0.348 e. The van der Waals surface area contributed by atoms with Crippen LogP contribution in [0.5, 0.6) is 17.2 Å². The van der Waals surface area contributed by atoms with Crippen LogP contribution < -0.4 is 14.2 Å². The molecule has 0 bridgehead atoms. The van der Waals surface area contributed by atoms with Crippen molar-refractivity contribution in [1.82, 2.24) is 9.78 Å². The van der Waals surface area contributed by atoms with Crippen LogP contribution in [0, 0.1) is 6.92 Å². The first-order valence-electron chi connectivity index (χ1n) is 8.00. The van der Waals surface area contributed by atoms with Crippen LogP contribution in [0.2, 0.25) is 5.15 Å². The van der Waals surface area contributed by atoms with Gasteiger partial charge in [0, 0.05) is 6.07 Å². The van der Waals surface area contributed by atoms with Gasteiger partial charge in [0.2, 0.25) is 6.79 Å². The van der Waals surface area contributed by atoms with E-state index in [1.54, 1.807) is 29.8 Å². The number of halogens is 1. The highest BCUT2D eigenvalue weighted by Gasteiger charge is 2.23. The fourth-order valence-electron chi connectivity index (χ4n) is 2.74. The summed E-state index contributed by atoms with van der Waals surface area (Å²) in [6.07, 6.45) is 0. The Balaban J connectivity index is 1.56. The first-order chi connectivity index (χ1) is 12.6. The summed E-state index contributed by atoms with van der Waals surface area (Å²) < 4.78 is 17.6. The molecule has 0 saturated carbocycles. The van der Waals surface area contributed by atoms with E-state index in [9.17, 15) is 4.79 Å². The highest BCUT2D eigenvalue weighted by atomic mass is 35.5. The topological polar surface area (TPSA) is 62.6 Å². The quantitative estimate of drug-likeness (QED) is 0.515. The highest BCUT2D eigenvalue weighted by Crippen LogP contribution is 2.35. The molecule has 26 heavy (non-hydrogen) atoms. The predicted octanol–water partition coefficient (Wildman–Crippen LogP) is 3.84. The molecule has 6 nitrogen and oxygen atoms in total. The number of aromatic nitrogens is 2. The lowest BCUT2D eigenvalue weighted by Crippen LogP contribution is -2.10. The van der Waals surface area contributed by atoms with E-state index in [4.69, 9.17) is 25.8 Å². The minimum absolute atomic E-state index is 0.157. The smallest absolute Gasteiger partial charge is 0.348 e. The summed E-state index contributed by atoms with van der Waals surface area (Å²) >= 11 is 6.39. The van der Waals surface area contributed by atoms with Crippen LogP contribution in [0.3, 0.4) is 0 Å². The number of benzene rings is 2. The van der Waals surface area contributed by atoms with Gasteiger partial charge >= 0.3 is 5.97 Å². The summed E-state index contributed by atoms with van der Waals surface area (Å²) in [6.45, 7) is 2.35. The second-order valence-electron chi connectivity index (χ2n) is 5.80. The summed E-state index contributed by atoms with van der Waals surface area (Å²) in [4.78, 5) is 12.6. The van der Waals surface area contributed by atoms with Gasteiger partial charge in [0.15, 0.2) is 11.5 Å². The Morgan fingerprint density at radius 1 is 1.19 bits per heavy atom. The summed E-state index contributed by atoms with van der Waals surface area (Å²) in [5.41, 5.74) is 1.80. The fraction of sp³-hybridized carbons (Fsp3) is 0.158. The number of hydrogen-bond acceptors (Lipinski definition) is 5. The Hall–Kier alpha value is -2.99. The highest BCUT2D eigenvalue weighted by molar-refractivity contribution is 6.32. The second kappa shape index (κ2) is 6.72. The van der Waals surface area contributed by atoms with Gasteiger partial charge in [0.1, 0.15) is 16.5 Å². The van der Waals surface area contributed by atoms with Crippen molar-refractivity contribution in [3.63, 3.8) is 0 Å². The number of aryl methyl sites for hydroxylation is 1. The molecule has 0 aliphatic carbocycles. The molecule has 1 aliphatic rings. The van der Waals surface area contributed by atoms with Crippen LogP contribution in [0.25, 0.3) is 0 Å². The molecule has 0 unspecified atom stereocenters. The molecule has 3 aromatic rings. The van der Waals surface area contributed by atoms with E-state index >= 15 is 0 Å². The average molecular weight is 371 g/mol. The van der Waals surface area contributed by atoms with Gasteiger partial charge in [-0.25, -0.2) is 9.48 Å². The van der Waals surface area contributed by atoms with Crippen LogP contribution in [-0.4, -0.2) is 22.5 Å². The molecule has 132 valence electrons. The van der Waals surface area contributed by atoms with Crippen LogP contribution in [0.1, 0.15) is 21.6 Å². The largest absolute Gasteiger partial charge is 0.454 e. The molecule has 1 aliphatic heterocycles. The number of rotatable bonds is 4. The minimum Gasteiger partial charge on any atom is -0.454 e. The standard InChI is InChI=1S/C19H15ClN2O4/c1-12-17(18(20)22(21-12)10-13-5-3-2-4-6-13)19(23)26-14-7-8-15-16(9-14)25-11-24-15/h2-9H,10-11H2,1H3. The fourth-order valence-corrected chi connectivity index (χ4v) is 3.06. The van der Waals surface area contributed by atoms with Crippen LogP contribution in [0.4, 0.5) is 0 Å². The molecular weight excluding hydrogens is 356 g/mol. The lowest BCUT2D eigenvalue weighted by molar-refractivity contribution is 0.0734. The molecule has 1 aromatic heterocycles. The third kappa shape index (κ3) is 3.11. The molecule has 0 atom stereocenters. The van der Waals surface area contributed by atoms with E-state index < -0.39 is 5.97 Å². The van der Waals surface area contributed by atoms with Gasteiger partial charge in [-0.15, -0.1) is 0 Å². The maximum atomic E-state index is 12.6. The molecule has 7 heteroatoms. The number of ether oxygens (including phenoxy) is 3. The van der Waals surface area contributed by atoms with Gasteiger partial charge in [-0.3, -0.25) is 0 Å². The molecule has 2 heterocycles. The lowest BCUT2D eigenvalue weighted by Gasteiger charge is -2.06. The SMILES string of the molecule is Cc1nn(Cc2ccccc2)c(Cl)c1C(=O)Oc1ccc2c(c1)OCO2. The Bertz CT molecular complexity index is 969. The monoisotopic (exact) mass is 370 g/mol. The van der Waals surface area contributed by atoms with Gasteiger partial charge < -0.3 is 14.2 Å². The van der Waals surface area contributed by atoms with Crippen molar-refractivity contribution in [3.8, 4) is 17.2 Å². The van der Waals surface area contributed by atoms with E-state index in [1.165, 1.54) is 0 Å². The second-order valence-corrected chi connectivity index (χ2v) is 6.16. The molecule has 2 aromatic carbocycles. The van der Waals surface area contributed by atoms with Gasteiger partial charge in [-0.05, 0) is 24.6 Å². The Kier molecular flexibility index (Phi) is 4.26.